The zero-order valence-corrected chi connectivity index (χ0v) is 68.4. The number of rotatable bonds is 32. The normalized spacial score (nSPS) is 21.1. The second-order valence-corrected chi connectivity index (χ2v) is 54.3. The van der Waals surface area contributed by atoms with E-state index in [1.165, 1.54) is 0 Å². The molecule has 662 valence electrons. The maximum Gasteiger partial charge on any atom is 0.371 e. The van der Waals surface area contributed by atoms with Crippen LogP contribution in [0.2, 0.25) is 0 Å². The molecule has 4 aliphatic heterocycles. The highest BCUT2D eigenvalue weighted by molar-refractivity contribution is 7.75. The van der Waals surface area contributed by atoms with E-state index in [1.807, 2.05) is 0 Å². The Morgan fingerprint density at radius 2 is 0.288 bits per heavy atom. The summed E-state index contributed by atoms with van der Waals surface area (Å²) in [6.45, 7) is -14.1. The van der Waals surface area contributed by atoms with E-state index in [2.05, 4.69) is 0 Å². The fourth-order valence-corrected chi connectivity index (χ4v) is 24.3. The summed E-state index contributed by atoms with van der Waals surface area (Å²) in [7, 11) is -94.1. The van der Waals surface area contributed by atoms with Gasteiger partial charge in [0.2, 0.25) is 20.3 Å². The number of nitrogens with zero attached hydrogens (tertiary/aromatic N) is 8. The third-order valence-corrected chi connectivity index (χ3v) is 43.6. The van der Waals surface area contributed by atoms with Crippen molar-refractivity contribution in [2.45, 2.75) is 48.1 Å². The van der Waals surface area contributed by atoms with Crippen molar-refractivity contribution in [3.05, 3.63) is 64.5 Å². The summed E-state index contributed by atoms with van der Waals surface area (Å²) in [5, 5.41) is 46.9. The van der Waals surface area contributed by atoms with E-state index >= 15 is 0 Å². The van der Waals surface area contributed by atoms with Crippen LogP contribution >= 0.6 is 122 Å². The Morgan fingerprint density at radius 1 is 0.207 bits per heavy atom. The highest BCUT2D eigenvalue weighted by atomic mass is 31.3. The highest BCUT2D eigenvalue weighted by Crippen LogP contribution is 2.73. The van der Waals surface area contributed by atoms with Crippen LogP contribution in [-0.4, -0.2) is 332 Å². The minimum atomic E-state index is -6.10. The van der Waals surface area contributed by atoms with Gasteiger partial charge in [0.15, 0.2) is 38.0 Å². The molecule has 8 atom stereocenters. The maximum atomic E-state index is 11.3. The summed E-state index contributed by atoms with van der Waals surface area (Å²) in [5.41, 5.74) is 0. The third-order valence-electron chi connectivity index (χ3n) is 14.1. The zero-order valence-electron chi connectivity index (χ0n) is 54.1. The molecule has 4 rings (SSSR count). The van der Waals surface area contributed by atoms with E-state index in [0.29, 0.717) is 39.2 Å². The summed E-state index contributed by atoms with van der Waals surface area (Å²) in [6, 6.07) is 0. The molecule has 0 saturated heterocycles. The predicted molar refractivity (Wildman–Crippen MR) is 350 cm³/mol. The van der Waals surface area contributed by atoms with Gasteiger partial charge in [0.25, 0.3) is 20.3 Å². The summed E-state index contributed by atoms with van der Waals surface area (Å²) in [6.07, 6.45) is 6.62. The van der Waals surface area contributed by atoms with Crippen LogP contribution < -0.4 is 24.5 Å². The summed E-state index contributed by atoms with van der Waals surface area (Å²) < 4.78 is 180. The van der Waals surface area contributed by atoms with E-state index in [1.54, 1.807) is 0 Å². The summed E-state index contributed by atoms with van der Waals surface area (Å²) >= 11 is 0. The fraction of sp³-hybridized carbons (Fsp3) is 0.677. The van der Waals surface area contributed by atoms with Crippen LogP contribution in [0, 0.1) is 14.9 Å². The van der Waals surface area contributed by atoms with Crippen LogP contribution in [0.3, 0.4) is 0 Å². The van der Waals surface area contributed by atoms with E-state index in [4.69, 9.17) is 132 Å². The molecule has 0 aliphatic carbocycles. The monoisotopic (exact) mass is 1950 g/mol. The number of hydrogen-bond donors (Lipinski definition) is 35. The van der Waals surface area contributed by atoms with Gasteiger partial charge in [0.05, 0.1) is 79.0 Å². The van der Waals surface area contributed by atoms with E-state index in [0.717, 1.165) is 49.6 Å². The minimum absolute atomic E-state index is 0. The van der Waals surface area contributed by atoms with E-state index < -0.39 is 241 Å². The lowest BCUT2D eigenvalue weighted by molar-refractivity contribution is -0.227. The Bertz CT molecular complexity index is 3250. The van der Waals surface area contributed by atoms with Crippen molar-refractivity contribution in [2.24, 2.45) is 0 Å². The van der Waals surface area contributed by atoms with Gasteiger partial charge >= 0.3 is 83.6 Å². The van der Waals surface area contributed by atoms with Gasteiger partial charge in [-0.15, -0.1) is 0 Å². The Kier molecular flexibility index (Phi) is 37.7. The molecule has 80 heteroatoms. The molecule has 111 heavy (non-hydrogen) atoms. The smallest absolute Gasteiger partial charge is 0.371 e. The standard InChI is InChI=1S/4C7H18N2O14P4.CH4.2CH3/c4*10-6(24(12,13)14,25(15,16)17)3-8-1-2-9(5-8)4-7(11,26(18,19)20)27(21,22)23;;;/h4*1-2,10-11H,3-5H2,(H2,12,13,14)(H2,15,16,17)(H2,18,19,20)(H2,21,22,23);1H4;2*1H3/q;;;;;-1;+1/p-5. The molecule has 4 aliphatic rings. The van der Waals surface area contributed by atoms with Gasteiger partial charge in [-0.05, 0) is 0 Å². The van der Waals surface area contributed by atoms with Crippen LogP contribution in [0.25, 0.3) is 0 Å². The van der Waals surface area contributed by atoms with Gasteiger partial charge in [-0.1, -0.05) is 7.43 Å². The Balaban J connectivity index is -0.00000139. The molecule has 4 heterocycles. The minimum Gasteiger partial charge on any atom is -0.776 e. The van der Waals surface area contributed by atoms with Gasteiger partial charge < -0.3 is 267 Å². The molecule has 8 unspecified atom stereocenters. The zero-order chi connectivity index (χ0) is 86.8. The average molecular weight is 1950 g/mol. The van der Waals surface area contributed by atoms with Crippen molar-refractivity contribution < 1.29 is 270 Å². The SMILES string of the molecule is C.O=P(O)(O)C(O)(CN1C=CN(CC(O)(P(=O)(O)O)P(=O)(O)O)C1)P(=O)(O)O.O=P([O-])(O)C(O)(CN1C=CN(CC(O)(P(=O)(O)O)P(=O)(O)O)C1)P(=O)(O)O.O=P([O-])(O)C(O)(CN1C=CN(CC(O)(P(=O)(O)O)P(=O)(O)O)C1)P(=O)(O)O.O=P([O-])(O)C(O)(CN1C=CN(CC(O)(P(=O)([O-])O)P(=O)(O)O)C1)P(=O)([O-])O.[CH3+].[CH3-]. The van der Waals surface area contributed by atoms with E-state index in [-0.39, 0.29) is 22.3 Å². The molecular weight excluding hydrogens is 1880 g/mol. The van der Waals surface area contributed by atoms with Crippen molar-refractivity contribution >= 4 is 122 Å². The topological polar surface area (TPSA) is 1120 Å². The number of β-amino-alcohol motifs (C(OH)–C–C–N with tert-alkyl or cyclic N) is 8. The molecule has 0 amide bonds. The van der Waals surface area contributed by atoms with Crippen LogP contribution in [0.4, 0.5) is 0 Å². The van der Waals surface area contributed by atoms with Crippen LogP contribution in [-0.2, 0) is 73.0 Å². The van der Waals surface area contributed by atoms with Crippen molar-refractivity contribution in [3.63, 3.8) is 0 Å². The van der Waals surface area contributed by atoms with Gasteiger partial charge in [0.1, 0.15) is 0 Å². The molecule has 0 aromatic heterocycles. The summed E-state index contributed by atoms with van der Waals surface area (Å²) in [4.78, 5) is 304. The summed E-state index contributed by atoms with van der Waals surface area (Å²) in [5.74, 6) is 0. The number of hydrogen-bond acceptors (Lipinski definition) is 37. The Hall–Kier alpha value is -0.690. The lowest BCUT2D eigenvalue weighted by Crippen LogP contribution is -2.48. The molecule has 0 radical (unpaired) electrons. The van der Waals surface area contributed by atoms with Crippen molar-refractivity contribution in [3.8, 4) is 0 Å². The molecule has 0 aromatic carbocycles. The van der Waals surface area contributed by atoms with Crippen molar-refractivity contribution in [1.29, 1.82) is 0 Å². The molecule has 64 nitrogen and oxygen atoms in total. The first-order valence-corrected chi connectivity index (χ1v) is 51.5. The quantitative estimate of drug-likeness (QED) is 0.0220. The van der Waals surface area contributed by atoms with Crippen LogP contribution in [0.15, 0.2) is 49.6 Å². The van der Waals surface area contributed by atoms with Crippen LogP contribution in [0.5, 0.6) is 0 Å². The molecule has 0 spiro atoms. The molecule has 0 bridgehead atoms. The third kappa shape index (κ3) is 26.2. The lowest BCUT2D eigenvalue weighted by Gasteiger charge is -2.44. The van der Waals surface area contributed by atoms with Gasteiger partial charge in [-0.2, -0.15) is 0 Å². The number of aliphatic hydroxyl groups is 8. The van der Waals surface area contributed by atoms with Crippen LogP contribution in [0.1, 0.15) is 7.43 Å². The maximum absolute atomic E-state index is 11.3. The van der Waals surface area contributed by atoms with Gasteiger partial charge in [-0.25, -0.2) is 0 Å². The average Bonchev–Trinajstić information content (AvgIpc) is 1.65. The predicted octanol–water partition coefficient (Wildman–Crippen LogP) is -13.5. The molecule has 0 aromatic rings. The molecule has 0 saturated carbocycles. The second kappa shape index (κ2) is 36.5. The van der Waals surface area contributed by atoms with Gasteiger partial charge in [-0.3, -0.25) is 50.2 Å². The molecular formula is C31H77N8O56P16-5. The van der Waals surface area contributed by atoms with Gasteiger partial charge in [0, 0.05) is 57.0 Å². The first kappa shape index (κ1) is 114. The van der Waals surface area contributed by atoms with E-state index in [9.17, 15) is 138 Å². The first-order chi connectivity index (χ1) is 46.6. The molecule has 35 N–H and O–H groups in total. The Morgan fingerprint density at radius 3 is 0.369 bits per heavy atom. The first-order valence-electron chi connectivity index (χ1n) is 25.9. The van der Waals surface area contributed by atoms with Crippen molar-refractivity contribution in [2.75, 3.05) is 79.0 Å². The molecule has 0 fully saturated rings. The highest BCUT2D eigenvalue weighted by Gasteiger charge is 2.65. The lowest BCUT2D eigenvalue weighted by atomic mass is 10.5. The largest absolute Gasteiger partial charge is 0.776 e. The fourth-order valence-electron chi connectivity index (χ4n) is 7.86. The second-order valence-electron chi connectivity index (χ2n) is 22.5. The van der Waals surface area contributed by atoms with Crippen molar-refractivity contribution in [1.82, 2.24) is 39.2 Å². The Labute approximate surface area is 620 Å².